The van der Waals surface area contributed by atoms with Crippen molar-refractivity contribution < 1.29 is 23.8 Å². The number of hydrogen-bond donors (Lipinski definition) is 2. The largest absolute Gasteiger partial charge is 0.507 e. The van der Waals surface area contributed by atoms with Crippen LogP contribution in [0.4, 0.5) is 10.2 Å². The highest BCUT2D eigenvalue weighted by Gasteiger charge is 2.30. The Morgan fingerprint density at radius 2 is 1.89 bits per heavy atom. The SMILES string of the molecule is C=CC(=O)N1CCN(c2nc(=O)n(-c3ccccc3CCC)c3cc(-c4c(O)cc(OCCCNC(=O)c5ccccc5I)cc4F)c(Cl)cc23)[C@@H](C)C1. The van der Waals surface area contributed by atoms with Crippen LogP contribution in [0.1, 0.15) is 42.6 Å². The van der Waals surface area contributed by atoms with E-state index in [4.69, 9.17) is 16.3 Å². The van der Waals surface area contributed by atoms with Gasteiger partial charge < -0.3 is 25.0 Å². The van der Waals surface area contributed by atoms with Crippen LogP contribution in [0.3, 0.4) is 0 Å². The van der Waals surface area contributed by atoms with E-state index in [1.807, 2.05) is 48.2 Å². The molecule has 6 rings (SSSR count). The number of para-hydroxylation sites is 1. The van der Waals surface area contributed by atoms with Crippen molar-refractivity contribution in [2.24, 2.45) is 0 Å². The van der Waals surface area contributed by atoms with Crippen LogP contribution in [0.2, 0.25) is 5.02 Å². The third-order valence-electron chi connectivity index (χ3n) is 9.40. The van der Waals surface area contributed by atoms with Gasteiger partial charge in [0.15, 0.2) is 0 Å². The van der Waals surface area contributed by atoms with Gasteiger partial charge in [0.2, 0.25) is 5.91 Å². The van der Waals surface area contributed by atoms with Gasteiger partial charge in [-0.05, 0) is 84.3 Å². The summed E-state index contributed by atoms with van der Waals surface area (Å²) in [4.78, 5) is 47.3. The Morgan fingerprint density at radius 1 is 1.13 bits per heavy atom. The molecule has 0 radical (unpaired) electrons. The standard InChI is InChI=1S/C41H40ClFIN5O5/c1-4-11-26-12-6-9-15-34(26)49-35-23-29(31(42)22-30(35)39(46-41(49)53)48-18-17-47(24-25(48)3)37(51)5-2)38-32(43)20-27(21-36(38)50)54-19-10-16-45-40(52)28-13-7-8-14-33(28)44/h5-9,12-15,20-23,25,50H,2,4,10-11,16-19,24H2,1,3H3,(H,45,52)/t25-/m0/s1. The summed E-state index contributed by atoms with van der Waals surface area (Å²) in [6, 6.07) is 20.4. The monoisotopic (exact) mass is 863 g/mol. The van der Waals surface area contributed by atoms with Crippen LogP contribution in [0, 0.1) is 9.39 Å². The highest BCUT2D eigenvalue weighted by molar-refractivity contribution is 14.1. The van der Waals surface area contributed by atoms with E-state index in [-0.39, 0.29) is 46.4 Å². The van der Waals surface area contributed by atoms with Crippen LogP contribution in [-0.2, 0) is 11.2 Å². The number of amides is 2. The number of halogens is 3. The molecule has 280 valence electrons. The number of piperazine rings is 1. The van der Waals surface area contributed by atoms with Crippen LogP contribution in [-0.4, -0.2) is 70.2 Å². The van der Waals surface area contributed by atoms with E-state index in [9.17, 15) is 19.5 Å². The average Bonchev–Trinajstić information content (AvgIpc) is 3.15. The van der Waals surface area contributed by atoms with E-state index in [0.29, 0.717) is 67.0 Å². The second-order valence-corrected chi connectivity index (χ2v) is 14.6. The minimum atomic E-state index is -0.774. The molecule has 2 heterocycles. The van der Waals surface area contributed by atoms with Gasteiger partial charge in [0.05, 0.1) is 28.9 Å². The molecule has 4 aromatic carbocycles. The van der Waals surface area contributed by atoms with Crippen molar-refractivity contribution in [1.29, 1.82) is 0 Å². The first-order chi connectivity index (χ1) is 26.0. The summed E-state index contributed by atoms with van der Waals surface area (Å²) in [5.74, 6) is -1.03. The number of nitrogens with one attached hydrogen (secondary N) is 1. The molecule has 13 heteroatoms. The van der Waals surface area contributed by atoms with Crippen molar-refractivity contribution in [2.45, 2.75) is 39.2 Å². The molecule has 1 saturated heterocycles. The summed E-state index contributed by atoms with van der Waals surface area (Å²) >= 11 is 9.04. The zero-order chi connectivity index (χ0) is 38.5. The van der Waals surface area contributed by atoms with Gasteiger partial charge in [0, 0.05) is 63.9 Å². The highest BCUT2D eigenvalue weighted by atomic mass is 127. The first kappa shape index (κ1) is 38.8. The van der Waals surface area contributed by atoms with E-state index in [1.165, 1.54) is 22.8 Å². The number of phenolic OH excluding ortho intramolecular Hbond substituents is 1. The molecule has 0 aliphatic carbocycles. The van der Waals surface area contributed by atoms with Crippen LogP contribution in [0.5, 0.6) is 11.5 Å². The quantitative estimate of drug-likeness (QED) is 0.0757. The first-order valence-electron chi connectivity index (χ1n) is 17.7. The lowest BCUT2D eigenvalue weighted by molar-refractivity contribution is -0.126. The number of rotatable bonds is 12. The number of benzene rings is 4. The van der Waals surface area contributed by atoms with E-state index in [1.54, 1.807) is 29.2 Å². The van der Waals surface area contributed by atoms with E-state index < -0.39 is 17.3 Å². The zero-order valence-corrected chi connectivity index (χ0v) is 32.9. The molecule has 1 aromatic heterocycles. The van der Waals surface area contributed by atoms with Crippen molar-refractivity contribution in [2.75, 3.05) is 37.7 Å². The molecule has 0 bridgehead atoms. The number of carbonyl (C=O) groups excluding carboxylic acids is 2. The molecule has 0 spiro atoms. The number of ether oxygens (including phenoxy) is 1. The molecule has 2 amide bonds. The summed E-state index contributed by atoms with van der Waals surface area (Å²) in [6.45, 7) is 9.32. The minimum Gasteiger partial charge on any atom is -0.507 e. The van der Waals surface area contributed by atoms with Gasteiger partial charge in [-0.3, -0.25) is 14.2 Å². The minimum absolute atomic E-state index is 0.106. The summed E-state index contributed by atoms with van der Waals surface area (Å²) < 4.78 is 24.1. The molecule has 1 fully saturated rings. The van der Waals surface area contributed by atoms with Gasteiger partial charge in [-0.1, -0.05) is 61.9 Å². The Kier molecular flexibility index (Phi) is 12.2. The van der Waals surface area contributed by atoms with Gasteiger partial charge in [0.1, 0.15) is 23.1 Å². The van der Waals surface area contributed by atoms with Gasteiger partial charge in [-0.25, -0.2) is 9.18 Å². The lowest BCUT2D eigenvalue weighted by Crippen LogP contribution is -2.54. The summed E-state index contributed by atoms with van der Waals surface area (Å²) in [5.41, 5.74) is 2.08. The van der Waals surface area contributed by atoms with Gasteiger partial charge in [-0.15, -0.1) is 0 Å². The van der Waals surface area contributed by atoms with Crippen molar-refractivity contribution in [3.63, 3.8) is 0 Å². The average molecular weight is 864 g/mol. The van der Waals surface area contributed by atoms with Gasteiger partial charge in [-0.2, -0.15) is 4.98 Å². The van der Waals surface area contributed by atoms with Crippen molar-refractivity contribution in [1.82, 2.24) is 19.8 Å². The molecule has 1 aliphatic rings. The number of anilines is 1. The maximum Gasteiger partial charge on any atom is 0.354 e. The van der Waals surface area contributed by atoms with E-state index in [0.717, 1.165) is 15.6 Å². The molecule has 54 heavy (non-hydrogen) atoms. The second kappa shape index (κ2) is 17.0. The Morgan fingerprint density at radius 3 is 2.61 bits per heavy atom. The van der Waals surface area contributed by atoms with Crippen molar-refractivity contribution in [3.05, 3.63) is 121 Å². The maximum atomic E-state index is 16.0. The third kappa shape index (κ3) is 8.09. The Balaban J connectivity index is 1.34. The number of phenols is 1. The second-order valence-electron chi connectivity index (χ2n) is 13.0. The smallest absolute Gasteiger partial charge is 0.354 e. The van der Waals surface area contributed by atoms with Crippen LogP contribution < -0.4 is 20.6 Å². The number of aryl methyl sites for hydroxylation is 1. The predicted octanol–water partition coefficient (Wildman–Crippen LogP) is 7.53. The first-order valence-corrected chi connectivity index (χ1v) is 19.2. The Hall–Kier alpha value is -4.95. The fourth-order valence-electron chi connectivity index (χ4n) is 6.81. The normalized spacial score (nSPS) is 14.3. The third-order valence-corrected chi connectivity index (χ3v) is 10.7. The predicted molar refractivity (Wildman–Crippen MR) is 219 cm³/mol. The summed E-state index contributed by atoms with van der Waals surface area (Å²) in [5, 5.41) is 14.8. The number of fused-ring (bicyclic) bond motifs is 1. The number of aromatic hydroxyl groups is 1. The van der Waals surface area contributed by atoms with Gasteiger partial charge >= 0.3 is 5.69 Å². The van der Waals surface area contributed by atoms with Crippen molar-refractivity contribution in [3.8, 4) is 28.3 Å². The summed E-state index contributed by atoms with van der Waals surface area (Å²) in [7, 11) is 0. The molecule has 1 atom stereocenters. The number of hydrogen-bond acceptors (Lipinski definition) is 7. The number of aromatic nitrogens is 2. The Labute approximate surface area is 331 Å². The van der Waals surface area contributed by atoms with E-state index >= 15 is 4.39 Å². The van der Waals surface area contributed by atoms with Crippen molar-refractivity contribution >= 4 is 62.7 Å². The highest BCUT2D eigenvalue weighted by Crippen LogP contribution is 2.42. The van der Waals surface area contributed by atoms with Crippen LogP contribution in [0.25, 0.3) is 27.7 Å². The van der Waals surface area contributed by atoms with E-state index in [2.05, 4.69) is 46.4 Å². The number of carbonyl (C=O) groups is 2. The lowest BCUT2D eigenvalue weighted by Gasteiger charge is -2.40. The molecule has 0 saturated carbocycles. The molecule has 10 nitrogen and oxygen atoms in total. The fraction of sp³-hybridized carbons (Fsp3) is 0.268. The molecule has 0 unspecified atom stereocenters. The molecular weight excluding hydrogens is 824 g/mol. The topological polar surface area (TPSA) is 117 Å². The number of nitrogens with zero attached hydrogens (tertiary/aromatic N) is 4. The molecular formula is C41H40ClFIN5O5. The molecule has 2 N–H and O–H groups in total. The molecule has 5 aromatic rings. The fourth-order valence-corrected chi connectivity index (χ4v) is 7.70. The summed E-state index contributed by atoms with van der Waals surface area (Å²) in [6.07, 6.45) is 3.28. The molecule has 1 aliphatic heterocycles. The maximum absolute atomic E-state index is 16.0. The lowest BCUT2D eigenvalue weighted by atomic mass is 10.0. The van der Waals surface area contributed by atoms with Gasteiger partial charge in [0.25, 0.3) is 5.91 Å². The van der Waals surface area contributed by atoms with Crippen LogP contribution >= 0.6 is 34.2 Å². The zero-order valence-electron chi connectivity index (χ0n) is 29.9. The Bertz CT molecular complexity index is 2280. The van der Waals surface area contributed by atoms with Crippen LogP contribution in [0.15, 0.2) is 90.2 Å².